The molecule has 106 valence electrons. The van der Waals surface area contributed by atoms with E-state index >= 15 is 0 Å². The fraction of sp³-hybridized carbons (Fsp3) is 0.923. The average Bonchev–Trinajstić information content (AvgIpc) is 3.12. The lowest BCUT2D eigenvalue weighted by Gasteiger charge is -2.28. The molecule has 0 aromatic carbocycles. The van der Waals surface area contributed by atoms with Crippen molar-refractivity contribution >= 4 is 17.7 Å². The van der Waals surface area contributed by atoms with E-state index in [1.54, 1.807) is 11.8 Å². The third-order valence-corrected chi connectivity index (χ3v) is 4.52. The Morgan fingerprint density at radius 1 is 1.61 bits per heavy atom. The van der Waals surface area contributed by atoms with E-state index in [4.69, 9.17) is 9.84 Å². The molecule has 1 aliphatic carbocycles. The van der Waals surface area contributed by atoms with E-state index in [9.17, 15) is 4.79 Å². The molecule has 2 N–H and O–H groups in total. The Hall–Kier alpha value is -0.260. The summed E-state index contributed by atoms with van der Waals surface area (Å²) in [4.78, 5) is 12.0. The first kappa shape index (κ1) is 15.8. The minimum Gasteiger partial charge on any atom is -0.465 e. The summed E-state index contributed by atoms with van der Waals surface area (Å²) in [5.74, 6) is 1.65. The Balaban J connectivity index is 2.45. The van der Waals surface area contributed by atoms with Crippen molar-refractivity contribution in [1.82, 2.24) is 5.32 Å². The number of aliphatic hydroxyl groups is 1. The van der Waals surface area contributed by atoms with Gasteiger partial charge in [-0.25, -0.2) is 0 Å². The van der Waals surface area contributed by atoms with Crippen LogP contribution >= 0.6 is 11.8 Å². The molecule has 18 heavy (non-hydrogen) atoms. The largest absolute Gasteiger partial charge is 0.465 e. The van der Waals surface area contributed by atoms with E-state index in [0.29, 0.717) is 18.4 Å². The number of ether oxygens (including phenoxy) is 1. The van der Waals surface area contributed by atoms with Crippen molar-refractivity contribution in [3.63, 3.8) is 0 Å². The number of thioether (sulfide) groups is 1. The number of hydrogen-bond donors (Lipinski definition) is 2. The molecule has 1 aliphatic rings. The molecule has 0 saturated heterocycles. The van der Waals surface area contributed by atoms with Gasteiger partial charge in [0.15, 0.2) is 0 Å². The fourth-order valence-electron chi connectivity index (χ4n) is 1.65. The SMILES string of the molecule is CCOC(=O)C(C)(CSCC(C)CO)NC1CC1. The molecule has 5 heteroatoms. The van der Waals surface area contributed by atoms with E-state index < -0.39 is 5.54 Å². The zero-order chi connectivity index (χ0) is 13.6. The van der Waals surface area contributed by atoms with Gasteiger partial charge in [-0.15, -0.1) is 0 Å². The van der Waals surface area contributed by atoms with Gasteiger partial charge in [0.2, 0.25) is 0 Å². The third kappa shape index (κ3) is 5.16. The van der Waals surface area contributed by atoms with Crippen LogP contribution in [-0.4, -0.2) is 47.4 Å². The summed E-state index contributed by atoms with van der Waals surface area (Å²) in [7, 11) is 0. The molecule has 1 fully saturated rings. The summed E-state index contributed by atoms with van der Waals surface area (Å²) in [6.45, 7) is 6.36. The second-order valence-electron chi connectivity index (χ2n) is 5.27. The van der Waals surface area contributed by atoms with Gasteiger partial charge in [0, 0.05) is 18.4 Å². The standard InChI is InChI=1S/C13H25NO3S/c1-4-17-12(16)13(3,14-11-5-6-11)9-18-8-10(2)7-15/h10-11,14-15H,4-9H2,1-3H3. The van der Waals surface area contributed by atoms with Gasteiger partial charge in [0.05, 0.1) is 6.61 Å². The normalized spacial score (nSPS) is 20.2. The lowest BCUT2D eigenvalue weighted by molar-refractivity contribution is -0.149. The van der Waals surface area contributed by atoms with E-state index in [-0.39, 0.29) is 18.5 Å². The number of aliphatic hydroxyl groups excluding tert-OH is 1. The molecule has 0 amide bonds. The van der Waals surface area contributed by atoms with Crippen LogP contribution in [0.3, 0.4) is 0 Å². The second-order valence-corrected chi connectivity index (χ2v) is 6.30. The van der Waals surface area contributed by atoms with Crippen LogP contribution in [0.25, 0.3) is 0 Å². The number of nitrogens with one attached hydrogen (secondary N) is 1. The number of carbonyl (C=O) groups excluding carboxylic acids is 1. The molecule has 0 heterocycles. The van der Waals surface area contributed by atoms with Crippen molar-refractivity contribution < 1.29 is 14.6 Å². The summed E-state index contributed by atoms with van der Waals surface area (Å²) >= 11 is 1.69. The molecule has 0 spiro atoms. The molecule has 2 atom stereocenters. The highest BCUT2D eigenvalue weighted by Gasteiger charge is 2.39. The molecule has 1 rings (SSSR count). The van der Waals surface area contributed by atoms with Gasteiger partial charge in [-0.05, 0) is 38.4 Å². The Bertz CT molecular complexity index is 271. The highest BCUT2D eigenvalue weighted by molar-refractivity contribution is 7.99. The maximum atomic E-state index is 12.0. The van der Waals surface area contributed by atoms with Gasteiger partial charge in [-0.1, -0.05) is 6.92 Å². The van der Waals surface area contributed by atoms with Crippen LogP contribution in [0.4, 0.5) is 0 Å². The minimum absolute atomic E-state index is 0.166. The molecule has 0 bridgehead atoms. The van der Waals surface area contributed by atoms with Gasteiger partial charge < -0.3 is 9.84 Å². The van der Waals surface area contributed by atoms with Gasteiger partial charge in [-0.3, -0.25) is 10.1 Å². The van der Waals surface area contributed by atoms with Crippen molar-refractivity contribution in [2.24, 2.45) is 5.92 Å². The Morgan fingerprint density at radius 3 is 2.78 bits per heavy atom. The molecular weight excluding hydrogens is 250 g/mol. The summed E-state index contributed by atoms with van der Waals surface area (Å²) in [6, 6.07) is 0.468. The summed E-state index contributed by atoms with van der Waals surface area (Å²) in [5.41, 5.74) is -0.600. The minimum atomic E-state index is -0.600. The molecular formula is C13H25NO3S. The second kappa shape index (κ2) is 7.36. The quantitative estimate of drug-likeness (QED) is 0.623. The van der Waals surface area contributed by atoms with Gasteiger partial charge in [0.1, 0.15) is 5.54 Å². The molecule has 0 aromatic heterocycles. The Labute approximate surface area is 114 Å². The molecule has 0 aromatic rings. The first-order chi connectivity index (χ1) is 8.51. The maximum Gasteiger partial charge on any atom is 0.326 e. The monoisotopic (exact) mass is 275 g/mol. The molecule has 0 aliphatic heterocycles. The number of rotatable bonds is 9. The molecule has 0 radical (unpaired) electrons. The first-order valence-electron chi connectivity index (χ1n) is 6.65. The van der Waals surface area contributed by atoms with Crippen LogP contribution < -0.4 is 5.32 Å². The summed E-state index contributed by atoms with van der Waals surface area (Å²) in [6.07, 6.45) is 2.29. The lowest BCUT2D eigenvalue weighted by atomic mass is 10.1. The average molecular weight is 275 g/mol. The molecule has 4 nitrogen and oxygen atoms in total. The third-order valence-electron chi connectivity index (χ3n) is 2.93. The maximum absolute atomic E-state index is 12.0. The van der Waals surface area contributed by atoms with Crippen molar-refractivity contribution in [3.05, 3.63) is 0 Å². The number of esters is 1. The van der Waals surface area contributed by atoms with Crippen LogP contribution in [0.1, 0.15) is 33.6 Å². The van der Waals surface area contributed by atoms with Crippen molar-refractivity contribution in [1.29, 1.82) is 0 Å². The van der Waals surface area contributed by atoms with E-state index in [0.717, 1.165) is 18.6 Å². The van der Waals surface area contributed by atoms with Crippen LogP contribution in [0.5, 0.6) is 0 Å². The van der Waals surface area contributed by atoms with Gasteiger partial charge in [0.25, 0.3) is 0 Å². The Kier molecular flexibility index (Phi) is 6.46. The number of hydrogen-bond acceptors (Lipinski definition) is 5. The molecule has 2 unspecified atom stereocenters. The van der Waals surface area contributed by atoms with Gasteiger partial charge >= 0.3 is 5.97 Å². The van der Waals surface area contributed by atoms with Crippen molar-refractivity contribution in [3.8, 4) is 0 Å². The fourth-order valence-corrected chi connectivity index (χ4v) is 2.88. The van der Waals surface area contributed by atoms with Crippen LogP contribution in [-0.2, 0) is 9.53 Å². The Morgan fingerprint density at radius 2 is 2.28 bits per heavy atom. The summed E-state index contributed by atoms with van der Waals surface area (Å²) in [5, 5.41) is 12.4. The smallest absolute Gasteiger partial charge is 0.326 e. The van der Waals surface area contributed by atoms with Crippen molar-refractivity contribution in [2.75, 3.05) is 24.7 Å². The van der Waals surface area contributed by atoms with E-state index in [2.05, 4.69) is 5.32 Å². The summed E-state index contributed by atoms with van der Waals surface area (Å²) < 4.78 is 5.16. The highest BCUT2D eigenvalue weighted by Crippen LogP contribution is 2.26. The zero-order valence-corrected chi connectivity index (χ0v) is 12.4. The predicted octanol–water partition coefficient (Wildman–Crippen LogP) is 1.42. The van der Waals surface area contributed by atoms with Crippen LogP contribution in [0.2, 0.25) is 0 Å². The van der Waals surface area contributed by atoms with E-state index in [1.807, 2.05) is 20.8 Å². The highest BCUT2D eigenvalue weighted by atomic mass is 32.2. The first-order valence-corrected chi connectivity index (χ1v) is 7.80. The lowest BCUT2D eigenvalue weighted by Crippen LogP contribution is -2.53. The number of carbonyl (C=O) groups is 1. The van der Waals surface area contributed by atoms with Crippen LogP contribution in [0.15, 0.2) is 0 Å². The predicted molar refractivity (Wildman–Crippen MR) is 74.8 cm³/mol. The molecule has 1 saturated carbocycles. The zero-order valence-electron chi connectivity index (χ0n) is 11.6. The van der Waals surface area contributed by atoms with Gasteiger partial charge in [-0.2, -0.15) is 11.8 Å². The van der Waals surface area contributed by atoms with Crippen LogP contribution in [0, 0.1) is 5.92 Å². The topological polar surface area (TPSA) is 58.6 Å². The van der Waals surface area contributed by atoms with E-state index in [1.165, 1.54) is 0 Å². The van der Waals surface area contributed by atoms with Crippen molar-refractivity contribution in [2.45, 2.75) is 45.2 Å².